The van der Waals surface area contributed by atoms with Gasteiger partial charge in [-0.25, -0.2) is 9.78 Å². The number of nitrogens with zero attached hydrogens (tertiary/aromatic N) is 2. The number of esters is 1. The van der Waals surface area contributed by atoms with E-state index in [4.69, 9.17) is 0 Å². The van der Waals surface area contributed by atoms with E-state index in [1.54, 1.807) is 12.1 Å². The van der Waals surface area contributed by atoms with Crippen LogP contribution in [0.15, 0.2) is 63.4 Å². The molecule has 1 aromatic heterocycles. The molecule has 1 aliphatic heterocycles. The molecule has 0 spiro atoms. The monoisotopic (exact) mass is 537 g/mol. The normalized spacial score (nSPS) is 12.7. The fourth-order valence-electron chi connectivity index (χ4n) is 3.35. The Hall–Kier alpha value is -3.45. The first kappa shape index (κ1) is 25.6. The van der Waals surface area contributed by atoms with Gasteiger partial charge in [-0.1, -0.05) is 11.8 Å². The van der Waals surface area contributed by atoms with Crippen molar-refractivity contribution >= 4 is 41.1 Å². The van der Waals surface area contributed by atoms with Crippen LogP contribution in [0.25, 0.3) is 5.69 Å². The van der Waals surface area contributed by atoms with E-state index in [0.717, 1.165) is 23.9 Å². The lowest BCUT2D eigenvalue weighted by Crippen LogP contribution is -2.24. The molecule has 1 amide bonds. The van der Waals surface area contributed by atoms with Crippen LogP contribution < -0.4 is 15.6 Å². The summed E-state index contributed by atoms with van der Waals surface area (Å²) in [4.78, 5) is 42.3. The van der Waals surface area contributed by atoms with Crippen LogP contribution in [0.2, 0.25) is 0 Å². The number of rotatable bonds is 7. The number of ether oxygens (including phenoxy) is 2. The summed E-state index contributed by atoms with van der Waals surface area (Å²) in [6.07, 6.45) is -4.24. The van der Waals surface area contributed by atoms with E-state index < -0.39 is 18.1 Å². The highest BCUT2D eigenvalue weighted by molar-refractivity contribution is 8.00. The van der Waals surface area contributed by atoms with Gasteiger partial charge >= 0.3 is 12.3 Å². The van der Waals surface area contributed by atoms with Gasteiger partial charge in [0.05, 0.1) is 34.7 Å². The highest BCUT2D eigenvalue weighted by Crippen LogP contribution is 2.31. The Morgan fingerprint density at radius 1 is 1.14 bits per heavy atom. The van der Waals surface area contributed by atoms with Gasteiger partial charge in [0.15, 0.2) is 5.16 Å². The lowest BCUT2D eigenvalue weighted by Gasteiger charge is -2.15. The van der Waals surface area contributed by atoms with Crippen LogP contribution in [0, 0.1) is 0 Å². The third-order valence-corrected chi connectivity index (χ3v) is 6.96. The van der Waals surface area contributed by atoms with Crippen molar-refractivity contribution in [1.29, 1.82) is 0 Å². The molecular formula is C23H18F3N3O5S2. The molecule has 0 saturated carbocycles. The first-order valence-electron chi connectivity index (χ1n) is 10.4. The third-order valence-electron chi connectivity index (χ3n) is 4.92. The number of fused-ring (bicyclic) bond motifs is 1. The van der Waals surface area contributed by atoms with Crippen LogP contribution in [0.4, 0.5) is 18.9 Å². The van der Waals surface area contributed by atoms with Gasteiger partial charge < -0.3 is 14.8 Å². The lowest BCUT2D eigenvalue weighted by molar-refractivity contribution is -0.274. The number of nitrogens with one attached hydrogen (secondary N) is 1. The molecule has 0 bridgehead atoms. The molecule has 8 nitrogen and oxygen atoms in total. The maximum absolute atomic E-state index is 13.2. The molecule has 188 valence electrons. The predicted molar refractivity (Wildman–Crippen MR) is 128 cm³/mol. The SMILES string of the molecule is COC(=O)c1ccc(NC(=O)CSc2nc3c(c(=O)n2-c2ccc(OC(F)(F)F)cc2)SCC3)cc1. The first-order valence-corrected chi connectivity index (χ1v) is 12.4. The van der Waals surface area contributed by atoms with E-state index in [1.807, 2.05) is 0 Å². The van der Waals surface area contributed by atoms with Gasteiger partial charge in [-0.15, -0.1) is 24.9 Å². The van der Waals surface area contributed by atoms with E-state index in [1.165, 1.54) is 47.7 Å². The van der Waals surface area contributed by atoms with E-state index in [2.05, 4.69) is 19.8 Å². The van der Waals surface area contributed by atoms with Crippen molar-refractivity contribution in [2.75, 3.05) is 23.9 Å². The number of halogens is 3. The number of carbonyl (C=O) groups excluding carboxylic acids is 2. The fraction of sp³-hybridized carbons (Fsp3) is 0.217. The summed E-state index contributed by atoms with van der Waals surface area (Å²) in [5, 5.41) is 2.94. The van der Waals surface area contributed by atoms with Gasteiger partial charge in [-0.2, -0.15) is 0 Å². The zero-order valence-corrected chi connectivity index (χ0v) is 20.3. The van der Waals surface area contributed by atoms with Crippen LogP contribution in [-0.2, 0) is 16.0 Å². The number of carbonyl (C=O) groups is 2. The molecule has 0 unspecified atom stereocenters. The molecule has 0 fully saturated rings. The largest absolute Gasteiger partial charge is 0.573 e. The minimum absolute atomic E-state index is 0.0909. The fourth-order valence-corrected chi connectivity index (χ4v) is 5.20. The quantitative estimate of drug-likeness (QED) is 0.271. The van der Waals surface area contributed by atoms with Gasteiger partial charge in [0.2, 0.25) is 5.91 Å². The van der Waals surface area contributed by atoms with Crippen molar-refractivity contribution in [2.24, 2.45) is 0 Å². The Kier molecular flexibility index (Phi) is 7.59. The highest BCUT2D eigenvalue weighted by Gasteiger charge is 2.31. The number of hydrogen-bond acceptors (Lipinski definition) is 8. The molecule has 13 heteroatoms. The van der Waals surface area contributed by atoms with Crippen LogP contribution in [0.1, 0.15) is 16.1 Å². The smallest absolute Gasteiger partial charge is 0.465 e. The number of hydrogen-bond donors (Lipinski definition) is 1. The van der Waals surface area contributed by atoms with Crippen molar-refractivity contribution in [3.8, 4) is 11.4 Å². The van der Waals surface area contributed by atoms with E-state index >= 15 is 0 Å². The standard InChI is InChI=1S/C23H18F3N3O5S2/c1-33-21(32)13-2-4-14(5-3-13)27-18(30)12-36-22-28-17-10-11-35-19(17)20(31)29(22)15-6-8-16(9-7-15)34-23(24,25)26/h2-9H,10-12H2,1H3,(H,27,30). The van der Waals surface area contributed by atoms with Gasteiger partial charge in [0, 0.05) is 17.9 Å². The Morgan fingerprint density at radius 2 is 1.83 bits per heavy atom. The highest BCUT2D eigenvalue weighted by atomic mass is 32.2. The molecule has 0 aliphatic carbocycles. The van der Waals surface area contributed by atoms with Crippen molar-refractivity contribution in [1.82, 2.24) is 9.55 Å². The Morgan fingerprint density at radius 3 is 2.47 bits per heavy atom. The summed E-state index contributed by atoms with van der Waals surface area (Å²) in [7, 11) is 1.27. The van der Waals surface area contributed by atoms with Crippen molar-refractivity contribution in [2.45, 2.75) is 22.8 Å². The molecule has 1 N–H and O–H groups in total. The summed E-state index contributed by atoms with van der Waals surface area (Å²) in [5.41, 5.74) is 1.36. The molecule has 0 atom stereocenters. The molecule has 36 heavy (non-hydrogen) atoms. The molecule has 0 saturated heterocycles. The second-order valence-electron chi connectivity index (χ2n) is 7.36. The molecular weight excluding hydrogens is 519 g/mol. The average molecular weight is 538 g/mol. The molecule has 2 aromatic carbocycles. The number of alkyl halides is 3. The predicted octanol–water partition coefficient (Wildman–Crippen LogP) is 4.30. The van der Waals surface area contributed by atoms with Crippen LogP contribution in [-0.4, -0.2) is 46.4 Å². The second kappa shape index (κ2) is 10.7. The van der Waals surface area contributed by atoms with E-state index in [-0.39, 0.29) is 22.4 Å². The number of thioether (sulfide) groups is 2. The van der Waals surface area contributed by atoms with Crippen molar-refractivity contribution in [3.05, 3.63) is 70.1 Å². The minimum atomic E-state index is -4.84. The number of amides is 1. The summed E-state index contributed by atoms with van der Waals surface area (Å²) in [6, 6.07) is 11.0. The number of aromatic nitrogens is 2. The maximum atomic E-state index is 13.2. The summed E-state index contributed by atoms with van der Waals surface area (Å²) < 4.78 is 47.3. The first-order chi connectivity index (χ1) is 17.1. The number of aryl methyl sites for hydroxylation is 1. The lowest BCUT2D eigenvalue weighted by atomic mass is 10.2. The van der Waals surface area contributed by atoms with Crippen molar-refractivity contribution < 1.29 is 32.2 Å². The Balaban J connectivity index is 1.54. The van der Waals surface area contributed by atoms with Gasteiger partial charge in [-0.05, 0) is 48.5 Å². The third kappa shape index (κ3) is 6.02. The topological polar surface area (TPSA) is 99.5 Å². The summed E-state index contributed by atoms with van der Waals surface area (Å²) >= 11 is 2.38. The molecule has 0 radical (unpaired) electrons. The molecule has 4 rings (SSSR count). The van der Waals surface area contributed by atoms with E-state index in [9.17, 15) is 27.6 Å². The maximum Gasteiger partial charge on any atom is 0.573 e. The van der Waals surface area contributed by atoms with Crippen LogP contribution >= 0.6 is 23.5 Å². The zero-order chi connectivity index (χ0) is 25.9. The minimum Gasteiger partial charge on any atom is -0.465 e. The molecule has 1 aliphatic rings. The van der Waals surface area contributed by atoms with Gasteiger partial charge in [0.25, 0.3) is 5.56 Å². The van der Waals surface area contributed by atoms with E-state index in [0.29, 0.717) is 39.7 Å². The second-order valence-corrected chi connectivity index (χ2v) is 9.40. The number of anilines is 1. The van der Waals surface area contributed by atoms with Gasteiger partial charge in [0.1, 0.15) is 5.75 Å². The number of methoxy groups -OCH3 is 1. The van der Waals surface area contributed by atoms with Gasteiger partial charge in [-0.3, -0.25) is 14.2 Å². The Labute approximate surface area is 211 Å². The average Bonchev–Trinajstić information content (AvgIpc) is 3.32. The Bertz CT molecular complexity index is 1340. The molecule has 3 aromatic rings. The van der Waals surface area contributed by atoms with Crippen molar-refractivity contribution in [3.63, 3.8) is 0 Å². The molecule has 2 heterocycles. The van der Waals surface area contributed by atoms with Crippen LogP contribution in [0.5, 0.6) is 5.75 Å². The number of benzene rings is 2. The summed E-state index contributed by atoms with van der Waals surface area (Å²) in [6.45, 7) is 0. The summed E-state index contributed by atoms with van der Waals surface area (Å²) in [5.74, 6) is -0.705. The zero-order valence-electron chi connectivity index (χ0n) is 18.6. The van der Waals surface area contributed by atoms with Crippen LogP contribution in [0.3, 0.4) is 0 Å².